The number of hydrogen-bond donors (Lipinski definition) is 0. The second kappa shape index (κ2) is 44.5. The van der Waals surface area contributed by atoms with Crippen LogP contribution in [-0.4, -0.2) is 37.2 Å². The van der Waals surface area contributed by atoms with E-state index in [4.69, 9.17) is 14.2 Å². The molecule has 0 radical (unpaired) electrons. The number of unbranched alkanes of at least 4 members (excludes halogenated alkanes) is 29. The maximum atomic E-state index is 12.7. The third kappa shape index (κ3) is 47.3. The van der Waals surface area contributed by atoms with Gasteiger partial charge in [0, 0.05) is 19.3 Å². The van der Waals surface area contributed by atoms with Crippen molar-refractivity contribution in [1.29, 1.82) is 0 Å². The quantitative estimate of drug-likeness (QED) is 0.0345. The average Bonchev–Trinajstić information content (AvgIpc) is 3.19. The van der Waals surface area contributed by atoms with Crippen LogP contribution in [0.2, 0.25) is 0 Å². The van der Waals surface area contributed by atoms with E-state index in [9.17, 15) is 14.4 Å². The van der Waals surface area contributed by atoms with Gasteiger partial charge >= 0.3 is 17.9 Å². The van der Waals surface area contributed by atoms with E-state index in [1.807, 2.05) is 0 Å². The van der Waals surface area contributed by atoms with E-state index < -0.39 is 6.10 Å². The standard InChI is InChI=1S/C53H102O6/c1-47(2)39-33-27-21-17-13-9-7-8-10-15-19-23-30-36-42-51(54)57-45-50(59-53(56)44-38-32-26-25-29-35-41-49(5)6)46-58-52(55)43-37-31-24-20-16-12-11-14-18-22-28-34-40-48(3)4/h47-50H,7-46H2,1-6H3/t50-/m0/s1. The largest absolute Gasteiger partial charge is 0.462 e. The first-order valence-corrected chi connectivity index (χ1v) is 26.1. The number of ether oxygens (including phenoxy) is 3. The molecule has 0 aromatic rings. The van der Waals surface area contributed by atoms with Crippen LogP contribution in [0.1, 0.15) is 286 Å². The van der Waals surface area contributed by atoms with Crippen molar-refractivity contribution in [3.05, 3.63) is 0 Å². The van der Waals surface area contributed by atoms with Crippen LogP contribution in [0, 0.1) is 17.8 Å². The van der Waals surface area contributed by atoms with E-state index in [0.29, 0.717) is 19.3 Å². The summed E-state index contributed by atoms with van der Waals surface area (Å²) in [5.74, 6) is 1.58. The summed E-state index contributed by atoms with van der Waals surface area (Å²) in [6, 6.07) is 0. The zero-order valence-corrected chi connectivity index (χ0v) is 40.5. The summed E-state index contributed by atoms with van der Waals surface area (Å²) in [5, 5.41) is 0. The molecule has 0 bridgehead atoms. The van der Waals surface area contributed by atoms with Crippen LogP contribution in [0.5, 0.6) is 0 Å². The Morgan fingerprint density at radius 2 is 0.492 bits per heavy atom. The molecule has 0 saturated carbocycles. The molecule has 6 nitrogen and oxygen atoms in total. The van der Waals surface area contributed by atoms with Gasteiger partial charge in [-0.1, -0.05) is 247 Å². The molecule has 0 aliphatic heterocycles. The van der Waals surface area contributed by atoms with E-state index in [-0.39, 0.29) is 31.1 Å². The SMILES string of the molecule is CC(C)CCCCCCCCCCCCCCCCC(=O)OC[C@@H](COC(=O)CCCCCCCCCCCCCCC(C)C)OC(=O)CCCCCCCCC(C)C. The molecule has 0 aromatic heterocycles. The van der Waals surface area contributed by atoms with Gasteiger partial charge in [-0.25, -0.2) is 0 Å². The Hall–Kier alpha value is -1.59. The van der Waals surface area contributed by atoms with Gasteiger partial charge in [-0.15, -0.1) is 0 Å². The summed E-state index contributed by atoms with van der Waals surface area (Å²) in [4.78, 5) is 37.9. The fraction of sp³-hybridized carbons (Fsp3) is 0.943. The Kier molecular flexibility index (Phi) is 43.3. The molecule has 0 unspecified atom stereocenters. The highest BCUT2D eigenvalue weighted by Gasteiger charge is 2.19. The molecule has 0 N–H and O–H groups in total. The van der Waals surface area contributed by atoms with Gasteiger partial charge in [-0.3, -0.25) is 14.4 Å². The van der Waals surface area contributed by atoms with Crippen molar-refractivity contribution in [2.45, 2.75) is 292 Å². The fourth-order valence-electron chi connectivity index (χ4n) is 7.94. The minimum absolute atomic E-state index is 0.0655. The van der Waals surface area contributed by atoms with Gasteiger partial charge in [0.1, 0.15) is 13.2 Å². The van der Waals surface area contributed by atoms with Crippen LogP contribution in [0.15, 0.2) is 0 Å². The summed E-state index contributed by atoms with van der Waals surface area (Å²) in [7, 11) is 0. The summed E-state index contributed by atoms with van der Waals surface area (Å²) < 4.78 is 16.8. The number of esters is 3. The molecule has 0 aliphatic rings. The van der Waals surface area contributed by atoms with Crippen molar-refractivity contribution < 1.29 is 28.6 Å². The van der Waals surface area contributed by atoms with E-state index >= 15 is 0 Å². The van der Waals surface area contributed by atoms with Gasteiger partial charge in [0.2, 0.25) is 0 Å². The molecule has 0 heterocycles. The average molecular weight is 835 g/mol. The molecule has 1 atom stereocenters. The number of hydrogen-bond acceptors (Lipinski definition) is 6. The smallest absolute Gasteiger partial charge is 0.306 e. The molecule has 0 amide bonds. The number of rotatable bonds is 46. The molecular weight excluding hydrogens is 733 g/mol. The van der Waals surface area contributed by atoms with Crippen molar-refractivity contribution in [2.24, 2.45) is 17.8 Å². The third-order valence-electron chi connectivity index (χ3n) is 11.9. The van der Waals surface area contributed by atoms with E-state index in [2.05, 4.69) is 41.5 Å². The van der Waals surface area contributed by atoms with Crippen molar-refractivity contribution >= 4 is 17.9 Å². The Morgan fingerprint density at radius 1 is 0.288 bits per heavy atom. The molecule has 59 heavy (non-hydrogen) atoms. The molecular formula is C53H102O6. The molecule has 0 aliphatic carbocycles. The monoisotopic (exact) mass is 835 g/mol. The van der Waals surface area contributed by atoms with E-state index in [1.165, 1.54) is 167 Å². The summed E-state index contributed by atoms with van der Waals surface area (Å²) >= 11 is 0. The van der Waals surface area contributed by atoms with Crippen LogP contribution < -0.4 is 0 Å². The van der Waals surface area contributed by atoms with Gasteiger partial charge in [0.15, 0.2) is 6.10 Å². The maximum Gasteiger partial charge on any atom is 0.306 e. The normalized spacial score (nSPS) is 12.2. The first-order chi connectivity index (χ1) is 28.6. The molecule has 6 heteroatoms. The highest BCUT2D eigenvalue weighted by atomic mass is 16.6. The van der Waals surface area contributed by atoms with Crippen molar-refractivity contribution in [3.63, 3.8) is 0 Å². The van der Waals surface area contributed by atoms with Gasteiger partial charge in [-0.05, 0) is 37.0 Å². The number of carbonyl (C=O) groups excluding carboxylic acids is 3. The minimum Gasteiger partial charge on any atom is -0.462 e. The van der Waals surface area contributed by atoms with Gasteiger partial charge in [0.25, 0.3) is 0 Å². The zero-order chi connectivity index (χ0) is 43.4. The van der Waals surface area contributed by atoms with Crippen LogP contribution in [0.4, 0.5) is 0 Å². The first kappa shape index (κ1) is 57.4. The Labute approximate surface area is 368 Å². The van der Waals surface area contributed by atoms with E-state index in [0.717, 1.165) is 75.5 Å². The summed E-state index contributed by atoms with van der Waals surface area (Å²) in [6.45, 7) is 13.7. The predicted octanol–water partition coefficient (Wildman–Crippen LogP) is 16.8. The Bertz CT molecular complexity index is 914. The van der Waals surface area contributed by atoms with Crippen molar-refractivity contribution in [1.82, 2.24) is 0 Å². The highest BCUT2D eigenvalue weighted by Crippen LogP contribution is 2.18. The predicted molar refractivity (Wildman–Crippen MR) is 252 cm³/mol. The van der Waals surface area contributed by atoms with Crippen LogP contribution in [-0.2, 0) is 28.6 Å². The summed E-state index contributed by atoms with van der Waals surface area (Å²) in [5.41, 5.74) is 0. The topological polar surface area (TPSA) is 78.9 Å². The third-order valence-corrected chi connectivity index (χ3v) is 11.9. The van der Waals surface area contributed by atoms with Gasteiger partial charge in [-0.2, -0.15) is 0 Å². The Morgan fingerprint density at radius 3 is 0.729 bits per heavy atom. The van der Waals surface area contributed by atoms with Gasteiger partial charge in [0.05, 0.1) is 0 Å². The van der Waals surface area contributed by atoms with Gasteiger partial charge < -0.3 is 14.2 Å². The maximum absolute atomic E-state index is 12.7. The van der Waals surface area contributed by atoms with Crippen LogP contribution in [0.25, 0.3) is 0 Å². The second-order valence-electron chi connectivity index (χ2n) is 19.6. The lowest BCUT2D eigenvalue weighted by atomic mass is 10.0. The number of carbonyl (C=O) groups is 3. The van der Waals surface area contributed by atoms with Crippen LogP contribution >= 0.6 is 0 Å². The fourth-order valence-corrected chi connectivity index (χ4v) is 7.94. The molecule has 350 valence electrons. The first-order valence-electron chi connectivity index (χ1n) is 26.1. The second-order valence-corrected chi connectivity index (χ2v) is 19.6. The molecule has 0 spiro atoms. The van der Waals surface area contributed by atoms with Crippen molar-refractivity contribution in [3.8, 4) is 0 Å². The lowest BCUT2D eigenvalue weighted by Crippen LogP contribution is -2.30. The minimum atomic E-state index is -0.763. The lowest BCUT2D eigenvalue weighted by Gasteiger charge is -2.18. The van der Waals surface area contributed by atoms with Crippen LogP contribution in [0.3, 0.4) is 0 Å². The zero-order valence-electron chi connectivity index (χ0n) is 40.5. The Balaban J connectivity index is 4.24. The lowest BCUT2D eigenvalue weighted by molar-refractivity contribution is -0.167. The highest BCUT2D eigenvalue weighted by molar-refractivity contribution is 5.71. The molecule has 0 saturated heterocycles. The molecule has 0 aromatic carbocycles. The molecule has 0 fully saturated rings. The van der Waals surface area contributed by atoms with E-state index in [1.54, 1.807) is 0 Å². The van der Waals surface area contributed by atoms with Crippen molar-refractivity contribution in [2.75, 3.05) is 13.2 Å². The summed E-state index contributed by atoms with van der Waals surface area (Å²) in [6.07, 6.45) is 43.9. The molecule has 0 rings (SSSR count).